The average Bonchev–Trinajstić information content (AvgIpc) is 3.28. The highest BCUT2D eigenvalue weighted by Crippen LogP contribution is 2.33. The van der Waals surface area contributed by atoms with Gasteiger partial charge in [0.2, 0.25) is 0 Å². The van der Waals surface area contributed by atoms with E-state index in [0.717, 1.165) is 35.6 Å². The SMILES string of the molecule is CCCCOCCCN1C(=O)C(Nc2ccccc2C)=C(c2cccs2)C1=O. The standard InChI is InChI=1S/C22H26N2O3S/c1-3-4-13-27-14-8-12-24-21(25)19(18-11-7-15-28-18)20(22(24)26)23-17-10-6-5-9-16(17)2/h5-7,9-11,15,23H,3-4,8,12-14H2,1-2H3. The lowest BCUT2D eigenvalue weighted by Crippen LogP contribution is -2.34. The van der Waals surface area contributed by atoms with E-state index in [-0.39, 0.29) is 11.8 Å². The number of hydrogen-bond acceptors (Lipinski definition) is 5. The molecule has 0 saturated carbocycles. The highest BCUT2D eigenvalue weighted by molar-refractivity contribution is 7.11. The van der Waals surface area contributed by atoms with Crippen LogP contribution in [0.5, 0.6) is 0 Å². The van der Waals surface area contributed by atoms with Crippen LogP contribution in [0.2, 0.25) is 0 Å². The summed E-state index contributed by atoms with van der Waals surface area (Å²) in [6.07, 6.45) is 2.75. The highest BCUT2D eigenvalue weighted by atomic mass is 32.1. The third kappa shape index (κ3) is 4.51. The number of rotatable bonds is 10. The van der Waals surface area contributed by atoms with Crippen LogP contribution >= 0.6 is 11.3 Å². The number of thiophene rings is 1. The Hall–Kier alpha value is -2.44. The van der Waals surface area contributed by atoms with Crippen molar-refractivity contribution in [2.45, 2.75) is 33.1 Å². The van der Waals surface area contributed by atoms with Gasteiger partial charge in [-0.3, -0.25) is 14.5 Å². The third-order valence-electron chi connectivity index (χ3n) is 4.65. The molecule has 0 unspecified atom stereocenters. The van der Waals surface area contributed by atoms with Crippen LogP contribution in [0, 0.1) is 6.92 Å². The number of amides is 2. The molecule has 1 aromatic heterocycles. The van der Waals surface area contributed by atoms with E-state index in [4.69, 9.17) is 4.74 Å². The molecule has 0 spiro atoms. The number of hydrogen-bond donors (Lipinski definition) is 1. The molecule has 1 aliphatic rings. The second-order valence-electron chi connectivity index (χ2n) is 6.75. The molecule has 2 aromatic rings. The third-order valence-corrected chi connectivity index (χ3v) is 5.54. The normalized spacial score (nSPS) is 14.3. The number of nitrogens with one attached hydrogen (secondary N) is 1. The zero-order valence-corrected chi connectivity index (χ0v) is 17.2. The lowest BCUT2D eigenvalue weighted by atomic mass is 10.1. The first-order valence-electron chi connectivity index (χ1n) is 9.68. The van der Waals surface area contributed by atoms with Gasteiger partial charge in [0.25, 0.3) is 11.8 Å². The molecule has 28 heavy (non-hydrogen) atoms. The molecular weight excluding hydrogens is 372 g/mol. The van der Waals surface area contributed by atoms with E-state index in [1.54, 1.807) is 0 Å². The summed E-state index contributed by atoms with van der Waals surface area (Å²) in [5.74, 6) is -0.512. The van der Waals surface area contributed by atoms with Crippen LogP contribution in [-0.4, -0.2) is 36.5 Å². The Labute approximate surface area is 170 Å². The van der Waals surface area contributed by atoms with Crippen LogP contribution in [0.15, 0.2) is 47.5 Å². The maximum absolute atomic E-state index is 13.1. The minimum Gasteiger partial charge on any atom is -0.381 e. The first-order chi connectivity index (χ1) is 13.6. The summed E-state index contributed by atoms with van der Waals surface area (Å²) in [5.41, 5.74) is 2.66. The van der Waals surface area contributed by atoms with Crippen LogP contribution in [0.25, 0.3) is 5.57 Å². The second kappa shape index (κ2) is 9.66. The van der Waals surface area contributed by atoms with Crippen molar-refractivity contribution in [3.05, 3.63) is 57.9 Å². The summed E-state index contributed by atoms with van der Waals surface area (Å²) >= 11 is 1.46. The number of ether oxygens (including phenoxy) is 1. The Bertz CT molecular complexity index is 858. The van der Waals surface area contributed by atoms with Gasteiger partial charge in [-0.05, 0) is 42.8 Å². The van der Waals surface area contributed by atoms with Gasteiger partial charge in [-0.2, -0.15) is 0 Å². The van der Waals surface area contributed by atoms with E-state index in [0.29, 0.717) is 30.8 Å². The molecule has 2 amide bonds. The number of benzene rings is 1. The van der Waals surface area contributed by atoms with Gasteiger partial charge in [0.05, 0.1) is 5.57 Å². The molecule has 0 fully saturated rings. The number of aryl methyl sites for hydroxylation is 1. The number of anilines is 1. The first-order valence-corrected chi connectivity index (χ1v) is 10.6. The van der Waals surface area contributed by atoms with Gasteiger partial charge in [0.15, 0.2) is 0 Å². The molecule has 0 saturated heterocycles. The van der Waals surface area contributed by atoms with Gasteiger partial charge in [-0.15, -0.1) is 11.3 Å². The van der Waals surface area contributed by atoms with Gasteiger partial charge in [0, 0.05) is 30.3 Å². The van der Waals surface area contributed by atoms with E-state index in [2.05, 4.69) is 12.2 Å². The van der Waals surface area contributed by atoms with E-state index >= 15 is 0 Å². The highest BCUT2D eigenvalue weighted by Gasteiger charge is 2.39. The van der Waals surface area contributed by atoms with Gasteiger partial charge < -0.3 is 10.1 Å². The fraction of sp³-hybridized carbons (Fsp3) is 0.364. The molecule has 1 aromatic carbocycles. The minimum atomic E-state index is -0.273. The predicted molar refractivity (Wildman–Crippen MR) is 113 cm³/mol. The average molecular weight is 399 g/mol. The smallest absolute Gasteiger partial charge is 0.278 e. The number of unbranched alkanes of at least 4 members (excludes halogenated alkanes) is 1. The van der Waals surface area contributed by atoms with Crippen LogP contribution < -0.4 is 5.32 Å². The molecule has 1 N–H and O–H groups in total. The van der Waals surface area contributed by atoms with Gasteiger partial charge in [0.1, 0.15) is 5.70 Å². The van der Waals surface area contributed by atoms with Crippen molar-refractivity contribution in [2.24, 2.45) is 0 Å². The predicted octanol–water partition coefficient (Wildman–Crippen LogP) is 4.46. The van der Waals surface area contributed by atoms with Crippen LogP contribution in [0.3, 0.4) is 0 Å². The fourth-order valence-corrected chi connectivity index (χ4v) is 3.83. The topological polar surface area (TPSA) is 58.6 Å². The molecule has 5 nitrogen and oxygen atoms in total. The maximum Gasteiger partial charge on any atom is 0.278 e. The van der Waals surface area contributed by atoms with Crippen molar-refractivity contribution < 1.29 is 14.3 Å². The Morgan fingerprint density at radius 1 is 1.04 bits per heavy atom. The Morgan fingerprint density at radius 2 is 1.82 bits per heavy atom. The summed E-state index contributed by atoms with van der Waals surface area (Å²) in [5, 5.41) is 5.13. The summed E-state index contributed by atoms with van der Waals surface area (Å²) in [6.45, 7) is 5.72. The van der Waals surface area contributed by atoms with Crippen molar-refractivity contribution >= 4 is 34.4 Å². The van der Waals surface area contributed by atoms with Gasteiger partial charge >= 0.3 is 0 Å². The van der Waals surface area contributed by atoms with Gasteiger partial charge in [-0.25, -0.2) is 0 Å². The molecule has 0 radical (unpaired) electrons. The molecule has 3 rings (SSSR count). The summed E-state index contributed by atoms with van der Waals surface area (Å²) in [6, 6.07) is 11.5. The van der Waals surface area contributed by atoms with Crippen molar-refractivity contribution in [1.29, 1.82) is 0 Å². The summed E-state index contributed by atoms with van der Waals surface area (Å²) in [7, 11) is 0. The number of carbonyl (C=O) groups is 2. The van der Waals surface area contributed by atoms with Crippen LogP contribution in [0.1, 0.15) is 36.6 Å². The zero-order valence-electron chi connectivity index (χ0n) is 16.4. The lowest BCUT2D eigenvalue weighted by molar-refractivity contribution is -0.137. The molecule has 2 heterocycles. The fourth-order valence-electron chi connectivity index (χ4n) is 3.07. The number of nitrogens with zero attached hydrogens (tertiary/aromatic N) is 1. The molecule has 148 valence electrons. The molecule has 0 bridgehead atoms. The molecule has 1 aliphatic heterocycles. The quantitative estimate of drug-likeness (QED) is 0.474. The van der Waals surface area contributed by atoms with Crippen molar-refractivity contribution in [3.8, 4) is 0 Å². The molecule has 0 atom stereocenters. The lowest BCUT2D eigenvalue weighted by Gasteiger charge is -2.15. The van der Waals surface area contributed by atoms with Crippen molar-refractivity contribution in [2.75, 3.05) is 25.1 Å². The number of imide groups is 1. The Balaban J connectivity index is 1.77. The van der Waals surface area contributed by atoms with Crippen LogP contribution in [0.4, 0.5) is 5.69 Å². The number of carbonyl (C=O) groups excluding carboxylic acids is 2. The number of para-hydroxylation sites is 1. The Kier molecular flexibility index (Phi) is 7.01. The Morgan fingerprint density at radius 3 is 2.54 bits per heavy atom. The minimum absolute atomic E-state index is 0.239. The largest absolute Gasteiger partial charge is 0.381 e. The van der Waals surface area contributed by atoms with E-state index < -0.39 is 0 Å². The maximum atomic E-state index is 13.1. The van der Waals surface area contributed by atoms with E-state index in [1.165, 1.54) is 16.2 Å². The molecular formula is C22H26N2O3S. The van der Waals surface area contributed by atoms with Crippen molar-refractivity contribution in [3.63, 3.8) is 0 Å². The van der Waals surface area contributed by atoms with Gasteiger partial charge in [-0.1, -0.05) is 37.6 Å². The van der Waals surface area contributed by atoms with E-state index in [9.17, 15) is 9.59 Å². The summed E-state index contributed by atoms with van der Waals surface area (Å²) in [4.78, 5) is 28.2. The van der Waals surface area contributed by atoms with Crippen molar-refractivity contribution in [1.82, 2.24) is 4.90 Å². The monoisotopic (exact) mass is 398 g/mol. The van der Waals surface area contributed by atoms with E-state index in [1.807, 2.05) is 48.7 Å². The molecule has 0 aliphatic carbocycles. The zero-order chi connectivity index (χ0) is 19.9. The first kappa shape index (κ1) is 20.3. The summed E-state index contributed by atoms with van der Waals surface area (Å²) < 4.78 is 5.57. The second-order valence-corrected chi connectivity index (χ2v) is 7.70. The molecule has 6 heteroatoms. The van der Waals surface area contributed by atoms with Crippen LogP contribution in [-0.2, 0) is 14.3 Å².